The van der Waals surface area contributed by atoms with Crippen molar-refractivity contribution in [3.05, 3.63) is 0 Å². The molecule has 4 heteroatoms. The third-order valence-corrected chi connectivity index (χ3v) is 0. The molecule has 0 aromatic heterocycles. The van der Waals surface area contributed by atoms with Gasteiger partial charge < -0.3 is 0 Å². The maximum absolute atomic E-state index is 0. The molecule has 0 amide bonds. The van der Waals surface area contributed by atoms with Crippen molar-refractivity contribution >= 4 is 23.1 Å². The standard InChI is InChI=1S/Mg.Mn.Ni.Zn. The summed E-state index contributed by atoms with van der Waals surface area (Å²) in [4.78, 5) is 0. The van der Waals surface area contributed by atoms with Crippen molar-refractivity contribution in [2.75, 3.05) is 0 Å². The summed E-state index contributed by atoms with van der Waals surface area (Å²) in [6.45, 7) is 0. The average molecular weight is 203 g/mol. The zero-order valence-corrected chi connectivity index (χ0v) is 8.66. The summed E-state index contributed by atoms with van der Waals surface area (Å²) in [7, 11) is 0. The molecule has 0 N–H and O–H groups in total. The van der Waals surface area contributed by atoms with Crippen molar-refractivity contribution in [3.8, 4) is 0 Å². The van der Waals surface area contributed by atoms with Crippen molar-refractivity contribution in [1.82, 2.24) is 0 Å². The van der Waals surface area contributed by atoms with Crippen molar-refractivity contribution in [2.24, 2.45) is 0 Å². The van der Waals surface area contributed by atoms with Gasteiger partial charge in [-0.3, -0.25) is 0 Å². The van der Waals surface area contributed by atoms with Crippen LogP contribution in [0, 0.1) is 0 Å². The Morgan fingerprint density at radius 2 is 1.00 bits per heavy atom. The van der Waals surface area contributed by atoms with Gasteiger partial charge in [0.15, 0.2) is 0 Å². The monoisotopic (exact) mass is 201 g/mol. The maximum Gasteiger partial charge on any atom is 0 e. The summed E-state index contributed by atoms with van der Waals surface area (Å²) >= 11 is 0. The summed E-state index contributed by atoms with van der Waals surface area (Å²) < 4.78 is 0. The van der Waals surface area contributed by atoms with Crippen LogP contribution in [0.25, 0.3) is 0 Å². The zero-order chi connectivity index (χ0) is 0. The minimum atomic E-state index is 0. The minimum absolute atomic E-state index is 0. The number of rotatable bonds is 0. The molecule has 0 aromatic carbocycles. The Bertz CT molecular complexity index is 8.00. The molecule has 3 radical (unpaired) electrons. The molecule has 0 rings (SSSR count). The van der Waals surface area contributed by atoms with Crippen LogP contribution < -0.4 is 0 Å². The van der Waals surface area contributed by atoms with E-state index >= 15 is 0 Å². The summed E-state index contributed by atoms with van der Waals surface area (Å²) in [5.41, 5.74) is 0. The van der Waals surface area contributed by atoms with Crippen molar-refractivity contribution in [3.63, 3.8) is 0 Å². The predicted molar refractivity (Wildman–Crippen MR) is 5.75 cm³/mol. The normalized spacial score (nSPS) is 0. The smallest absolute Gasteiger partial charge is 0 e. The minimum Gasteiger partial charge on any atom is 0 e. The van der Waals surface area contributed by atoms with Gasteiger partial charge in [0.25, 0.3) is 0 Å². The SMILES string of the molecule is [Mg].[Mn].[Ni].[Zn]. The van der Waals surface area contributed by atoms with Crippen LogP contribution in [-0.4, -0.2) is 23.1 Å². The molecule has 0 atom stereocenters. The van der Waals surface area contributed by atoms with E-state index in [4.69, 9.17) is 0 Å². The van der Waals surface area contributed by atoms with Gasteiger partial charge in [-0.2, -0.15) is 0 Å². The Hall–Kier alpha value is 2.40. The van der Waals surface area contributed by atoms with Gasteiger partial charge in [-0.25, -0.2) is 0 Å². The summed E-state index contributed by atoms with van der Waals surface area (Å²) in [5, 5.41) is 0. The third-order valence-electron chi connectivity index (χ3n) is 0. The van der Waals surface area contributed by atoms with Crippen molar-refractivity contribution in [1.29, 1.82) is 0 Å². The Labute approximate surface area is 75.2 Å². The fraction of sp³-hybridized carbons (Fsp3) is 0. The van der Waals surface area contributed by atoms with Crippen LogP contribution in [0.3, 0.4) is 0 Å². The molecule has 0 nitrogen and oxygen atoms in total. The molecule has 0 saturated heterocycles. The van der Waals surface area contributed by atoms with Crippen molar-refractivity contribution < 1.29 is 53.0 Å². The molecular weight excluding hydrogens is 203 g/mol. The Morgan fingerprint density at radius 3 is 1.00 bits per heavy atom. The topological polar surface area (TPSA) is 0 Å². The first kappa shape index (κ1) is 32.4. The molecule has 0 unspecified atom stereocenters. The van der Waals surface area contributed by atoms with Crippen LogP contribution in [0.1, 0.15) is 0 Å². The Kier molecular flexibility index (Phi) is 147. The van der Waals surface area contributed by atoms with Gasteiger partial charge in [0.05, 0.1) is 0 Å². The van der Waals surface area contributed by atoms with E-state index in [1.54, 1.807) is 0 Å². The van der Waals surface area contributed by atoms with Gasteiger partial charge in [-0.1, -0.05) is 0 Å². The van der Waals surface area contributed by atoms with E-state index in [2.05, 4.69) is 0 Å². The van der Waals surface area contributed by atoms with Crippen LogP contribution in [0.15, 0.2) is 0 Å². The van der Waals surface area contributed by atoms with E-state index in [-0.39, 0.29) is 76.1 Å². The second kappa shape index (κ2) is 18.1. The van der Waals surface area contributed by atoms with E-state index in [1.165, 1.54) is 0 Å². The van der Waals surface area contributed by atoms with E-state index in [0.29, 0.717) is 0 Å². The van der Waals surface area contributed by atoms with Crippen LogP contribution in [0.5, 0.6) is 0 Å². The molecular formula is MgMnNiZn. The second-order valence-electron chi connectivity index (χ2n) is 0. The van der Waals surface area contributed by atoms with Crippen LogP contribution >= 0.6 is 0 Å². The van der Waals surface area contributed by atoms with E-state index in [9.17, 15) is 0 Å². The largest absolute Gasteiger partial charge is 0 e. The second-order valence-corrected chi connectivity index (χ2v) is 0. The molecule has 0 aliphatic rings. The summed E-state index contributed by atoms with van der Waals surface area (Å²) in [6, 6.07) is 0. The molecule has 0 heterocycles. The Morgan fingerprint density at radius 1 is 1.00 bits per heavy atom. The quantitative estimate of drug-likeness (QED) is 0.471. The molecule has 4 heavy (non-hydrogen) atoms. The molecule has 0 aromatic rings. The van der Waals surface area contributed by atoms with Gasteiger partial charge in [-0.15, -0.1) is 0 Å². The van der Waals surface area contributed by atoms with E-state index in [0.717, 1.165) is 0 Å². The fourth-order valence-corrected chi connectivity index (χ4v) is 0. The molecule has 0 spiro atoms. The van der Waals surface area contributed by atoms with Gasteiger partial charge in [0, 0.05) is 76.1 Å². The van der Waals surface area contributed by atoms with Crippen LogP contribution in [-0.2, 0) is 53.0 Å². The van der Waals surface area contributed by atoms with Crippen LogP contribution in [0.2, 0.25) is 0 Å². The molecule has 0 saturated carbocycles. The van der Waals surface area contributed by atoms with Gasteiger partial charge in [0.1, 0.15) is 0 Å². The third kappa shape index (κ3) is 8.83. The zero-order valence-electron chi connectivity index (χ0n) is 2.11. The summed E-state index contributed by atoms with van der Waals surface area (Å²) in [6.07, 6.45) is 0. The van der Waals surface area contributed by atoms with Crippen molar-refractivity contribution in [2.45, 2.75) is 0 Å². The van der Waals surface area contributed by atoms with Gasteiger partial charge >= 0.3 is 0 Å². The van der Waals surface area contributed by atoms with Gasteiger partial charge in [0.2, 0.25) is 0 Å². The Balaban J connectivity index is 0. The number of hydrogen-bond donors (Lipinski definition) is 0. The van der Waals surface area contributed by atoms with E-state index in [1.807, 2.05) is 0 Å². The average Bonchev–Trinajstić information content (AvgIpc) is 0. The number of hydrogen-bond acceptors (Lipinski definition) is 0. The molecule has 21 valence electrons. The first-order valence-electron chi connectivity index (χ1n) is 0. The van der Waals surface area contributed by atoms with Gasteiger partial charge in [-0.05, 0) is 0 Å². The predicted octanol–water partition coefficient (Wildman–Crippen LogP) is -0.388. The molecule has 0 aliphatic carbocycles. The fourth-order valence-electron chi connectivity index (χ4n) is 0. The molecule has 0 aliphatic heterocycles. The van der Waals surface area contributed by atoms with Crippen LogP contribution in [0.4, 0.5) is 0 Å². The molecule has 0 fully saturated rings. The first-order chi connectivity index (χ1) is 0. The first-order valence-corrected chi connectivity index (χ1v) is 0. The van der Waals surface area contributed by atoms with E-state index < -0.39 is 0 Å². The maximum atomic E-state index is 0. The summed E-state index contributed by atoms with van der Waals surface area (Å²) in [5.74, 6) is 0. The molecule has 0 bridgehead atoms.